The number of nitrogens with zero attached hydrogens (tertiary/aromatic N) is 4. The number of nitrogen functional groups attached to an aromatic ring is 1. The van der Waals surface area contributed by atoms with Crippen LogP contribution in [-0.4, -0.2) is 60.1 Å². The Bertz CT molecular complexity index is 621. The van der Waals surface area contributed by atoms with Crippen molar-refractivity contribution >= 4 is 28.7 Å². The predicted octanol–water partition coefficient (Wildman–Crippen LogP) is -0.609. The molecule has 0 aliphatic carbocycles. The second-order valence-electron chi connectivity index (χ2n) is 4.58. The molecule has 0 spiro atoms. The van der Waals surface area contributed by atoms with Crippen molar-refractivity contribution in [2.75, 3.05) is 17.7 Å². The fourth-order valence-corrected chi connectivity index (χ4v) is 2.92. The molecule has 0 amide bonds. The summed E-state index contributed by atoms with van der Waals surface area (Å²) in [5.74, 6) is 0.862. The summed E-state index contributed by atoms with van der Waals surface area (Å²) in [6.45, 7) is 0. The first-order chi connectivity index (χ1) is 9.63. The van der Waals surface area contributed by atoms with E-state index in [0.717, 1.165) is 0 Å². The summed E-state index contributed by atoms with van der Waals surface area (Å²) in [5.41, 5.74) is 6.64. The number of rotatable bonds is 3. The van der Waals surface area contributed by atoms with Crippen molar-refractivity contribution in [3.8, 4) is 0 Å². The minimum atomic E-state index is -1.04. The quantitative estimate of drug-likeness (QED) is 0.686. The summed E-state index contributed by atoms with van der Waals surface area (Å²) < 4.78 is 7.29. The monoisotopic (exact) mass is 297 g/mol. The van der Waals surface area contributed by atoms with Crippen molar-refractivity contribution in [1.29, 1.82) is 0 Å². The maximum absolute atomic E-state index is 10.1. The zero-order valence-electron chi connectivity index (χ0n) is 10.7. The summed E-state index contributed by atoms with van der Waals surface area (Å²) >= 11 is 1.54. The highest BCUT2D eigenvalue weighted by atomic mass is 32.2. The second kappa shape index (κ2) is 5.17. The Morgan fingerprint density at radius 1 is 1.35 bits per heavy atom. The Kier molecular flexibility index (Phi) is 3.50. The van der Waals surface area contributed by atoms with Crippen LogP contribution in [0, 0.1) is 0 Å². The third-order valence-corrected chi connectivity index (χ3v) is 3.99. The van der Waals surface area contributed by atoms with Gasteiger partial charge in [-0.15, -0.1) is 0 Å². The van der Waals surface area contributed by atoms with Crippen LogP contribution in [-0.2, 0) is 4.74 Å². The van der Waals surface area contributed by atoms with E-state index in [1.165, 1.54) is 12.7 Å². The van der Waals surface area contributed by atoms with E-state index in [4.69, 9.17) is 10.5 Å². The van der Waals surface area contributed by atoms with E-state index >= 15 is 0 Å². The van der Waals surface area contributed by atoms with Crippen molar-refractivity contribution < 1.29 is 14.9 Å². The van der Waals surface area contributed by atoms with Crippen molar-refractivity contribution in [2.45, 2.75) is 24.5 Å². The lowest BCUT2D eigenvalue weighted by molar-refractivity contribution is -0.0288. The normalized spacial score (nSPS) is 30.1. The number of anilines is 1. The number of aliphatic hydroxyl groups is 2. The van der Waals surface area contributed by atoms with E-state index in [0.29, 0.717) is 16.9 Å². The molecule has 8 nitrogen and oxygen atoms in total. The van der Waals surface area contributed by atoms with Crippen molar-refractivity contribution in [3.63, 3.8) is 0 Å². The van der Waals surface area contributed by atoms with Crippen LogP contribution in [0.4, 0.5) is 5.82 Å². The lowest BCUT2D eigenvalue weighted by Gasteiger charge is -2.16. The summed E-state index contributed by atoms with van der Waals surface area (Å²) in [4.78, 5) is 12.1. The maximum Gasteiger partial charge on any atom is 0.167 e. The molecule has 0 saturated carbocycles. The number of hydrogen-bond acceptors (Lipinski definition) is 8. The Balaban J connectivity index is 1.97. The molecule has 0 aromatic carbocycles. The van der Waals surface area contributed by atoms with Crippen LogP contribution in [0.15, 0.2) is 12.7 Å². The van der Waals surface area contributed by atoms with E-state index in [1.807, 2.05) is 6.26 Å². The average Bonchev–Trinajstić information content (AvgIpc) is 2.97. The minimum absolute atomic E-state index is 0.266. The molecular weight excluding hydrogens is 282 g/mol. The van der Waals surface area contributed by atoms with Crippen molar-refractivity contribution in [2.24, 2.45) is 0 Å². The SMILES string of the molecule is CSC[C@@H]1O[C@@H](n2cnc3c(N)ncnc32)[C@H](O)[C@@H]1O. The summed E-state index contributed by atoms with van der Waals surface area (Å²) in [5, 5.41) is 20.2. The molecule has 3 rings (SSSR count). The summed E-state index contributed by atoms with van der Waals surface area (Å²) in [6, 6.07) is 0. The number of nitrogens with two attached hydrogens (primary N) is 1. The fraction of sp³-hybridized carbons (Fsp3) is 0.545. The minimum Gasteiger partial charge on any atom is -0.387 e. The van der Waals surface area contributed by atoms with E-state index in [1.54, 1.807) is 16.3 Å². The summed E-state index contributed by atoms with van der Waals surface area (Å²) in [6.07, 6.45) is 1.58. The molecular formula is C11H15N5O3S. The van der Waals surface area contributed by atoms with E-state index in [9.17, 15) is 10.2 Å². The molecule has 0 radical (unpaired) electrons. The molecule has 0 unspecified atom stereocenters. The van der Waals surface area contributed by atoms with Gasteiger partial charge in [-0.1, -0.05) is 0 Å². The number of fused-ring (bicyclic) bond motifs is 1. The van der Waals surface area contributed by atoms with Gasteiger partial charge in [-0.2, -0.15) is 11.8 Å². The molecule has 1 aliphatic rings. The van der Waals surface area contributed by atoms with Crippen LogP contribution in [0.3, 0.4) is 0 Å². The smallest absolute Gasteiger partial charge is 0.167 e. The highest BCUT2D eigenvalue weighted by Gasteiger charge is 2.43. The number of hydrogen-bond donors (Lipinski definition) is 3. The number of thioether (sulfide) groups is 1. The zero-order valence-corrected chi connectivity index (χ0v) is 11.6. The third kappa shape index (κ3) is 2.03. The fourth-order valence-electron chi connectivity index (χ4n) is 2.32. The van der Waals surface area contributed by atoms with Gasteiger partial charge in [0.15, 0.2) is 17.7 Å². The lowest BCUT2D eigenvalue weighted by Crippen LogP contribution is -2.32. The van der Waals surface area contributed by atoms with Gasteiger partial charge in [0.05, 0.1) is 12.4 Å². The molecule has 4 N–H and O–H groups in total. The largest absolute Gasteiger partial charge is 0.387 e. The van der Waals surface area contributed by atoms with Crippen LogP contribution in [0.25, 0.3) is 11.2 Å². The van der Waals surface area contributed by atoms with Gasteiger partial charge in [-0.25, -0.2) is 15.0 Å². The number of aromatic nitrogens is 4. The van der Waals surface area contributed by atoms with Gasteiger partial charge >= 0.3 is 0 Å². The molecule has 3 heterocycles. The van der Waals surface area contributed by atoms with Gasteiger partial charge in [-0.3, -0.25) is 4.57 Å². The second-order valence-corrected chi connectivity index (χ2v) is 5.50. The van der Waals surface area contributed by atoms with Crippen LogP contribution < -0.4 is 5.73 Å². The van der Waals surface area contributed by atoms with E-state index in [-0.39, 0.29) is 5.82 Å². The molecule has 1 aliphatic heterocycles. The maximum atomic E-state index is 10.1. The Hall–Kier alpha value is -1.42. The van der Waals surface area contributed by atoms with Gasteiger partial charge in [-0.05, 0) is 6.26 Å². The van der Waals surface area contributed by atoms with Crippen LogP contribution in [0.1, 0.15) is 6.23 Å². The van der Waals surface area contributed by atoms with Gasteiger partial charge in [0.2, 0.25) is 0 Å². The topological polar surface area (TPSA) is 119 Å². The number of ether oxygens (including phenoxy) is 1. The molecule has 4 atom stereocenters. The molecule has 9 heteroatoms. The highest BCUT2D eigenvalue weighted by Crippen LogP contribution is 2.32. The molecule has 2 aromatic heterocycles. The van der Waals surface area contributed by atoms with Gasteiger partial charge in [0, 0.05) is 5.75 Å². The molecule has 1 saturated heterocycles. The van der Waals surface area contributed by atoms with Crippen LogP contribution >= 0.6 is 11.8 Å². The van der Waals surface area contributed by atoms with Crippen LogP contribution in [0.5, 0.6) is 0 Å². The van der Waals surface area contributed by atoms with Gasteiger partial charge in [0.25, 0.3) is 0 Å². The van der Waals surface area contributed by atoms with E-state index < -0.39 is 24.5 Å². The number of imidazole rings is 1. The Morgan fingerprint density at radius 2 is 2.15 bits per heavy atom. The molecule has 20 heavy (non-hydrogen) atoms. The first kappa shape index (κ1) is 13.6. The molecule has 108 valence electrons. The molecule has 0 bridgehead atoms. The Labute approximate surface area is 119 Å². The summed E-state index contributed by atoms with van der Waals surface area (Å²) in [7, 11) is 0. The standard InChI is InChI=1S/C11H15N5O3S/c1-20-2-5-7(17)8(18)11(19-5)16-4-15-6-9(12)13-3-14-10(6)16/h3-5,7-8,11,17-18H,2H2,1H3,(H2,12,13,14)/t5-,7+,8+,11+/m0/s1. The predicted molar refractivity (Wildman–Crippen MR) is 74.0 cm³/mol. The van der Waals surface area contributed by atoms with Crippen LogP contribution in [0.2, 0.25) is 0 Å². The Morgan fingerprint density at radius 3 is 2.90 bits per heavy atom. The first-order valence-electron chi connectivity index (χ1n) is 6.07. The van der Waals surface area contributed by atoms with Gasteiger partial charge in [0.1, 0.15) is 24.1 Å². The first-order valence-corrected chi connectivity index (χ1v) is 7.46. The van der Waals surface area contributed by atoms with E-state index in [2.05, 4.69) is 15.0 Å². The number of aliphatic hydroxyl groups excluding tert-OH is 2. The molecule has 2 aromatic rings. The highest BCUT2D eigenvalue weighted by molar-refractivity contribution is 7.98. The average molecular weight is 297 g/mol. The van der Waals surface area contributed by atoms with Crippen molar-refractivity contribution in [3.05, 3.63) is 12.7 Å². The lowest BCUT2D eigenvalue weighted by atomic mass is 10.1. The van der Waals surface area contributed by atoms with Crippen molar-refractivity contribution in [1.82, 2.24) is 19.5 Å². The zero-order chi connectivity index (χ0) is 14.3. The molecule has 1 fully saturated rings. The third-order valence-electron chi connectivity index (χ3n) is 3.33. The van der Waals surface area contributed by atoms with Gasteiger partial charge < -0.3 is 20.7 Å².